The summed E-state index contributed by atoms with van der Waals surface area (Å²) < 4.78 is 2.15. The summed E-state index contributed by atoms with van der Waals surface area (Å²) >= 11 is 6.91. The van der Waals surface area contributed by atoms with Crippen LogP contribution in [0.2, 0.25) is 0 Å². The first-order chi connectivity index (χ1) is 6.65. The second-order valence-electron chi connectivity index (χ2n) is 3.06. The van der Waals surface area contributed by atoms with E-state index in [0.717, 1.165) is 15.4 Å². The molecular weight excluding hydrogens is 306 g/mol. The average molecular weight is 319 g/mol. The molecule has 1 rings (SSSR count). The lowest BCUT2D eigenvalue weighted by molar-refractivity contribution is 1.02. The van der Waals surface area contributed by atoms with Crippen molar-refractivity contribution in [1.82, 2.24) is 0 Å². The molecule has 0 aliphatic carbocycles. The molecular formula is C11H13Br2N. The Morgan fingerprint density at radius 2 is 1.86 bits per heavy atom. The van der Waals surface area contributed by atoms with Gasteiger partial charge in [-0.05, 0) is 30.2 Å². The van der Waals surface area contributed by atoms with E-state index in [1.165, 1.54) is 11.1 Å². The van der Waals surface area contributed by atoms with Crippen LogP contribution < -0.4 is 5.73 Å². The van der Waals surface area contributed by atoms with E-state index < -0.39 is 0 Å². The Labute approximate surface area is 102 Å². The van der Waals surface area contributed by atoms with Crippen LogP contribution in [0, 0.1) is 0 Å². The first-order valence-electron chi connectivity index (χ1n) is 4.51. The molecule has 0 atom stereocenters. The molecule has 0 fully saturated rings. The van der Waals surface area contributed by atoms with Crippen LogP contribution in [0.3, 0.4) is 0 Å². The van der Waals surface area contributed by atoms with Gasteiger partial charge in [-0.25, -0.2) is 0 Å². The van der Waals surface area contributed by atoms with Gasteiger partial charge in [0.15, 0.2) is 0 Å². The lowest BCUT2D eigenvalue weighted by Gasteiger charge is -2.02. The van der Waals surface area contributed by atoms with Crippen LogP contribution in [0.4, 0.5) is 0 Å². The predicted molar refractivity (Wildman–Crippen MR) is 69.2 cm³/mol. The van der Waals surface area contributed by atoms with Gasteiger partial charge in [-0.15, -0.1) is 0 Å². The van der Waals surface area contributed by atoms with Gasteiger partial charge >= 0.3 is 0 Å². The van der Waals surface area contributed by atoms with Crippen LogP contribution in [0.15, 0.2) is 32.7 Å². The van der Waals surface area contributed by atoms with Gasteiger partial charge in [0.1, 0.15) is 0 Å². The largest absolute Gasteiger partial charge is 0.327 e. The van der Waals surface area contributed by atoms with Gasteiger partial charge in [-0.2, -0.15) is 0 Å². The maximum absolute atomic E-state index is 5.62. The number of benzene rings is 1. The maximum atomic E-state index is 5.62. The van der Waals surface area contributed by atoms with Gasteiger partial charge < -0.3 is 5.73 Å². The van der Waals surface area contributed by atoms with Gasteiger partial charge in [0.2, 0.25) is 0 Å². The Balaban J connectivity index is 3.01. The summed E-state index contributed by atoms with van der Waals surface area (Å²) in [5.74, 6) is 0. The summed E-state index contributed by atoms with van der Waals surface area (Å²) in [5.41, 5.74) is 8.05. The third-order valence-corrected chi connectivity index (χ3v) is 2.89. The molecule has 0 amide bonds. The highest BCUT2D eigenvalue weighted by molar-refractivity contribution is 9.11. The van der Waals surface area contributed by atoms with Gasteiger partial charge in [0.25, 0.3) is 0 Å². The Bertz CT molecular complexity index is 319. The number of hydrogen-bond donors (Lipinski definition) is 1. The van der Waals surface area contributed by atoms with E-state index in [1.807, 2.05) is 6.07 Å². The quantitative estimate of drug-likeness (QED) is 0.896. The lowest BCUT2D eigenvalue weighted by atomic mass is 10.1. The van der Waals surface area contributed by atoms with Crippen molar-refractivity contribution in [3.63, 3.8) is 0 Å². The molecule has 0 spiro atoms. The fraction of sp³-hybridized carbons (Fsp3) is 0.273. The third-order valence-electron chi connectivity index (χ3n) is 1.97. The van der Waals surface area contributed by atoms with Crippen molar-refractivity contribution in [2.24, 2.45) is 5.73 Å². The van der Waals surface area contributed by atoms with E-state index in [1.54, 1.807) is 0 Å². The second kappa shape index (κ2) is 5.69. The minimum atomic E-state index is 0.626. The van der Waals surface area contributed by atoms with Gasteiger partial charge in [-0.1, -0.05) is 50.4 Å². The molecule has 2 N–H and O–H groups in total. The zero-order chi connectivity index (χ0) is 10.6. The molecule has 1 nitrogen and oxygen atoms in total. The molecule has 0 heterocycles. The fourth-order valence-corrected chi connectivity index (χ4v) is 2.53. The van der Waals surface area contributed by atoms with Crippen molar-refractivity contribution in [2.45, 2.75) is 13.3 Å². The second-order valence-corrected chi connectivity index (χ2v) is 4.89. The molecule has 0 aliphatic rings. The number of hydrogen-bond acceptors (Lipinski definition) is 1. The van der Waals surface area contributed by atoms with Crippen molar-refractivity contribution in [2.75, 3.05) is 6.54 Å². The van der Waals surface area contributed by atoms with E-state index in [2.05, 4.69) is 57.0 Å². The molecule has 3 heteroatoms. The van der Waals surface area contributed by atoms with Gasteiger partial charge in [0.05, 0.1) is 0 Å². The van der Waals surface area contributed by atoms with Crippen molar-refractivity contribution in [1.29, 1.82) is 0 Å². The maximum Gasteiger partial charge on any atom is 0.0192 e. The van der Waals surface area contributed by atoms with Gasteiger partial charge in [-0.3, -0.25) is 0 Å². The highest BCUT2D eigenvalue weighted by atomic mass is 79.9. The number of halogens is 2. The monoisotopic (exact) mass is 317 g/mol. The molecule has 0 bridgehead atoms. The Morgan fingerprint density at radius 1 is 1.29 bits per heavy atom. The fourth-order valence-electron chi connectivity index (χ4n) is 1.20. The van der Waals surface area contributed by atoms with Crippen LogP contribution in [-0.2, 0) is 0 Å². The normalized spacial score (nSPS) is 11.9. The van der Waals surface area contributed by atoms with Crippen LogP contribution in [0.25, 0.3) is 6.08 Å². The van der Waals surface area contributed by atoms with Crippen molar-refractivity contribution in [3.05, 3.63) is 38.3 Å². The number of rotatable bonds is 3. The first-order valence-corrected chi connectivity index (χ1v) is 6.10. The Kier molecular flexibility index (Phi) is 4.85. The molecule has 0 aliphatic heterocycles. The summed E-state index contributed by atoms with van der Waals surface area (Å²) in [4.78, 5) is 0. The van der Waals surface area contributed by atoms with Crippen LogP contribution in [0.1, 0.15) is 18.9 Å². The number of nitrogens with two attached hydrogens (primary N) is 1. The molecule has 0 unspecified atom stereocenters. The van der Waals surface area contributed by atoms with Gasteiger partial charge in [0, 0.05) is 15.5 Å². The standard InChI is InChI=1S/C11H13Br2N/c1-2-8(7-14)3-9-4-10(12)6-11(13)5-9/h3-6H,2,7,14H2,1H3/b8-3-. The van der Waals surface area contributed by atoms with Crippen LogP contribution in [-0.4, -0.2) is 6.54 Å². The van der Waals surface area contributed by atoms with Crippen molar-refractivity contribution >= 4 is 37.9 Å². The predicted octanol–water partition coefficient (Wildman–Crippen LogP) is 3.96. The minimum Gasteiger partial charge on any atom is -0.327 e. The summed E-state index contributed by atoms with van der Waals surface area (Å²) in [7, 11) is 0. The molecule has 1 aromatic carbocycles. The first kappa shape index (κ1) is 12.0. The van der Waals surface area contributed by atoms with Crippen LogP contribution in [0.5, 0.6) is 0 Å². The summed E-state index contributed by atoms with van der Waals surface area (Å²) in [6.45, 7) is 2.74. The summed E-state index contributed by atoms with van der Waals surface area (Å²) in [6.07, 6.45) is 3.14. The van der Waals surface area contributed by atoms with E-state index in [9.17, 15) is 0 Å². The molecule has 1 aromatic rings. The highest BCUT2D eigenvalue weighted by Gasteiger charge is 1.96. The SMILES string of the molecule is CC/C(=C/c1cc(Br)cc(Br)c1)CN. The highest BCUT2D eigenvalue weighted by Crippen LogP contribution is 2.21. The minimum absolute atomic E-state index is 0.626. The average Bonchev–Trinajstić information content (AvgIpc) is 2.12. The molecule has 0 aromatic heterocycles. The molecule has 0 saturated carbocycles. The lowest BCUT2D eigenvalue weighted by Crippen LogP contribution is -2.01. The summed E-state index contributed by atoms with van der Waals surface area (Å²) in [5, 5.41) is 0. The molecule has 0 saturated heterocycles. The van der Waals surface area contributed by atoms with Crippen molar-refractivity contribution < 1.29 is 0 Å². The zero-order valence-electron chi connectivity index (χ0n) is 8.06. The zero-order valence-corrected chi connectivity index (χ0v) is 11.2. The van der Waals surface area contributed by atoms with E-state index in [4.69, 9.17) is 5.73 Å². The van der Waals surface area contributed by atoms with Crippen molar-refractivity contribution in [3.8, 4) is 0 Å². The van der Waals surface area contributed by atoms with E-state index in [-0.39, 0.29) is 0 Å². The summed E-state index contributed by atoms with van der Waals surface area (Å²) in [6, 6.07) is 6.18. The molecule has 76 valence electrons. The third kappa shape index (κ3) is 3.56. The van der Waals surface area contributed by atoms with E-state index >= 15 is 0 Å². The smallest absolute Gasteiger partial charge is 0.0192 e. The Morgan fingerprint density at radius 3 is 2.29 bits per heavy atom. The molecule has 14 heavy (non-hydrogen) atoms. The van der Waals surface area contributed by atoms with Crippen LogP contribution >= 0.6 is 31.9 Å². The topological polar surface area (TPSA) is 26.0 Å². The molecule has 0 radical (unpaired) electrons. The van der Waals surface area contributed by atoms with E-state index in [0.29, 0.717) is 6.54 Å². The Hall–Kier alpha value is -0.120.